The van der Waals surface area contributed by atoms with Crippen LogP contribution in [0.2, 0.25) is 5.02 Å². The van der Waals surface area contributed by atoms with Crippen molar-refractivity contribution in [3.05, 3.63) is 28.8 Å². The van der Waals surface area contributed by atoms with Crippen LogP contribution in [-0.2, 0) is 5.11 Å². The van der Waals surface area contributed by atoms with E-state index in [0.29, 0.717) is 5.56 Å². The maximum Gasteiger partial charge on any atom is 0.197 e. The Bertz CT molecular complexity index is 294. The third-order valence-electron chi connectivity index (χ3n) is 1.34. The molecule has 3 heteroatoms. The topological polar surface area (TPSA) is 37.0 Å². The van der Waals surface area contributed by atoms with Crippen LogP contribution in [0.1, 0.15) is 17.3 Å². The van der Waals surface area contributed by atoms with E-state index in [2.05, 4.69) is 0 Å². The summed E-state index contributed by atoms with van der Waals surface area (Å²) in [6, 6.07) is 4.14. The van der Waals surface area contributed by atoms with Crippen LogP contribution in [0.3, 0.4) is 0 Å². The van der Waals surface area contributed by atoms with Crippen molar-refractivity contribution in [1.82, 2.24) is 0 Å². The molecule has 0 aliphatic rings. The lowest BCUT2D eigenvalue weighted by atomic mass is 10.1. The molecule has 1 radical (unpaired) electrons. The number of halogens is 1. The normalized spacial score (nSPS) is 9.64. The number of carbonyl (C=O) groups excluding carboxylic acids is 1. The van der Waals surface area contributed by atoms with E-state index in [0.717, 1.165) is 0 Å². The Morgan fingerprint density at radius 1 is 1.45 bits per heavy atom. The van der Waals surface area contributed by atoms with Crippen LogP contribution in [0, 0.1) is 0 Å². The Balaban J connectivity index is 3.15. The highest BCUT2D eigenvalue weighted by molar-refractivity contribution is 6.32. The molecule has 0 spiro atoms. The molecule has 0 atom stereocenters. The first kappa shape index (κ1) is 8.08. The van der Waals surface area contributed by atoms with E-state index in [1.54, 1.807) is 0 Å². The number of carbonyl (C=O) groups is 1. The quantitative estimate of drug-likeness (QED) is 0.596. The van der Waals surface area contributed by atoms with Crippen LogP contribution >= 0.6 is 11.6 Å². The molecule has 0 saturated carbocycles. The minimum atomic E-state index is -0.253. The van der Waals surface area contributed by atoms with Crippen LogP contribution in [0.5, 0.6) is 5.75 Å². The summed E-state index contributed by atoms with van der Waals surface area (Å²) in [5, 5.41) is 10.8. The van der Waals surface area contributed by atoms with Crippen LogP contribution in [0.4, 0.5) is 0 Å². The predicted molar refractivity (Wildman–Crippen MR) is 41.6 cm³/mol. The van der Waals surface area contributed by atoms with Gasteiger partial charge in [-0.05, 0) is 25.1 Å². The number of Topliss-reactive ketones (excluding diaryl/α,β-unsaturated/α-hetero) is 1. The molecule has 0 bridgehead atoms. The van der Waals surface area contributed by atoms with Gasteiger partial charge in [-0.3, -0.25) is 9.90 Å². The molecule has 0 heterocycles. The number of rotatable bonds is 1. The van der Waals surface area contributed by atoms with Crippen LogP contribution in [0.15, 0.2) is 18.2 Å². The fraction of sp³-hybridized carbons (Fsp3) is 0.125. The second kappa shape index (κ2) is 2.93. The van der Waals surface area contributed by atoms with Crippen molar-refractivity contribution < 1.29 is 9.90 Å². The van der Waals surface area contributed by atoms with E-state index < -0.39 is 0 Å². The third-order valence-corrected chi connectivity index (χ3v) is 1.63. The van der Waals surface area contributed by atoms with Crippen molar-refractivity contribution in [2.45, 2.75) is 6.92 Å². The average molecular weight is 170 g/mol. The van der Waals surface area contributed by atoms with Gasteiger partial charge in [0.1, 0.15) is 0 Å². The van der Waals surface area contributed by atoms with E-state index in [-0.39, 0.29) is 16.6 Å². The number of hydrogen-bond donors (Lipinski definition) is 0. The Kier molecular flexibility index (Phi) is 2.15. The molecule has 0 aliphatic carbocycles. The van der Waals surface area contributed by atoms with E-state index in [9.17, 15) is 9.90 Å². The zero-order chi connectivity index (χ0) is 8.43. The van der Waals surface area contributed by atoms with Gasteiger partial charge < -0.3 is 0 Å². The smallest absolute Gasteiger partial charge is 0.197 e. The Labute approximate surface area is 69.4 Å². The maximum absolute atomic E-state index is 10.8. The molecular formula is C8H6ClO2. The summed E-state index contributed by atoms with van der Waals surface area (Å²) >= 11 is 5.49. The monoisotopic (exact) mass is 169 g/mol. The Morgan fingerprint density at radius 2 is 2.09 bits per heavy atom. The zero-order valence-corrected chi connectivity index (χ0v) is 6.68. The van der Waals surface area contributed by atoms with Gasteiger partial charge in [0, 0.05) is 5.56 Å². The fourth-order valence-corrected chi connectivity index (χ4v) is 0.900. The number of benzene rings is 1. The van der Waals surface area contributed by atoms with Gasteiger partial charge in [-0.1, -0.05) is 11.6 Å². The molecule has 0 fully saturated rings. The van der Waals surface area contributed by atoms with Gasteiger partial charge in [0.2, 0.25) is 0 Å². The highest BCUT2D eigenvalue weighted by Gasteiger charge is 2.03. The highest BCUT2D eigenvalue weighted by Crippen LogP contribution is 2.24. The fourth-order valence-electron chi connectivity index (χ4n) is 0.720. The van der Waals surface area contributed by atoms with Crippen LogP contribution in [0.25, 0.3) is 0 Å². The molecule has 0 amide bonds. The molecule has 11 heavy (non-hydrogen) atoms. The summed E-state index contributed by atoms with van der Waals surface area (Å²) in [4.78, 5) is 10.7. The van der Waals surface area contributed by atoms with Crippen LogP contribution < -0.4 is 0 Å². The molecule has 1 aromatic carbocycles. The third kappa shape index (κ3) is 1.71. The summed E-state index contributed by atoms with van der Waals surface area (Å²) < 4.78 is 0. The van der Waals surface area contributed by atoms with Crippen molar-refractivity contribution in [2.75, 3.05) is 0 Å². The molecule has 0 saturated heterocycles. The molecule has 1 aromatic rings. The molecule has 2 nitrogen and oxygen atoms in total. The Morgan fingerprint density at radius 3 is 2.55 bits per heavy atom. The summed E-state index contributed by atoms with van der Waals surface area (Å²) in [7, 11) is 0. The van der Waals surface area contributed by atoms with Gasteiger partial charge in [0.15, 0.2) is 11.5 Å². The van der Waals surface area contributed by atoms with E-state index in [1.807, 2.05) is 0 Å². The zero-order valence-electron chi connectivity index (χ0n) is 5.93. The summed E-state index contributed by atoms with van der Waals surface area (Å²) in [6.45, 7) is 1.43. The van der Waals surface area contributed by atoms with E-state index in [1.165, 1.54) is 25.1 Å². The SMILES string of the molecule is CC(=O)c1ccc([O])c(Cl)c1. The van der Waals surface area contributed by atoms with Gasteiger partial charge in [-0.25, -0.2) is 0 Å². The van der Waals surface area contributed by atoms with Crippen molar-refractivity contribution in [3.63, 3.8) is 0 Å². The molecule has 0 N–H and O–H groups in total. The molecule has 57 valence electrons. The predicted octanol–water partition coefficient (Wildman–Crippen LogP) is 2.69. The van der Waals surface area contributed by atoms with Crippen LogP contribution in [-0.4, -0.2) is 5.78 Å². The Hall–Kier alpha value is -1.02. The highest BCUT2D eigenvalue weighted by atomic mass is 35.5. The lowest BCUT2D eigenvalue weighted by Gasteiger charge is -1.95. The van der Waals surface area contributed by atoms with Gasteiger partial charge in [0.25, 0.3) is 0 Å². The molecule has 0 aromatic heterocycles. The van der Waals surface area contributed by atoms with Crippen molar-refractivity contribution in [3.8, 4) is 5.75 Å². The minimum absolute atomic E-state index is 0.0908. The minimum Gasteiger partial charge on any atom is -0.295 e. The standard InChI is InChI=1S/C8H6ClO2/c1-5(10)6-2-3-8(11)7(9)4-6/h2-4H,1H3. The van der Waals surface area contributed by atoms with Gasteiger partial charge in [0.05, 0.1) is 5.02 Å². The summed E-state index contributed by atoms with van der Waals surface area (Å²) in [5.74, 6) is -0.344. The average Bonchev–Trinajstić information content (AvgIpc) is 1.94. The molecule has 1 rings (SSSR count). The van der Waals surface area contributed by atoms with Crippen molar-refractivity contribution in [2.24, 2.45) is 0 Å². The first-order valence-corrected chi connectivity index (χ1v) is 3.46. The largest absolute Gasteiger partial charge is 0.295 e. The van der Waals surface area contributed by atoms with E-state index >= 15 is 0 Å². The first-order chi connectivity index (χ1) is 5.11. The lowest BCUT2D eigenvalue weighted by molar-refractivity contribution is 0.101. The number of ketones is 1. The van der Waals surface area contributed by atoms with Crippen molar-refractivity contribution >= 4 is 17.4 Å². The van der Waals surface area contributed by atoms with Gasteiger partial charge in [-0.15, -0.1) is 0 Å². The van der Waals surface area contributed by atoms with Crippen molar-refractivity contribution in [1.29, 1.82) is 0 Å². The molecule has 0 unspecified atom stereocenters. The summed E-state index contributed by atoms with van der Waals surface area (Å²) in [5.41, 5.74) is 0.467. The maximum atomic E-state index is 10.8. The van der Waals surface area contributed by atoms with Gasteiger partial charge in [-0.2, -0.15) is 0 Å². The summed E-state index contributed by atoms with van der Waals surface area (Å²) in [6.07, 6.45) is 0. The van der Waals surface area contributed by atoms with Gasteiger partial charge >= 0.3 is 0 Å². The lowest BCUT2D eigenvalue weighted by Crippen LogP contribution is -1.90. The second-order valence-corrected chi connectivity index (χ2v) is 2.61. The first-order valence-electron chi connectivity index (χ1n) is 3.09. The van der Waals surface area contributed by atoms with E-state index in [4.69, 9.17) is 11.6 Å². The molecular weight excluding hydrogens is 164 g/mol. The molecule has 0 aliphatic heterocycles. The number of hydrogen-bond acceptors (Lipinski definition) is 1. The second-order valence-electron chi connectivity index (χ2n) is 2.20.